The molecule has 1 atom stereocenters. The molecular weight excluding hydrogens is 250 g/mol. The van der Waals surface area contributed by atoms with Crippen molar-refractivity contribution in [3.05, 3.63) is 0 Å². The Bertz CT molecular complexity index is 264. The molecule has 0 aromatic heterocycles. The first-order valence-electron chi connectivity index (χ1n) is 8.33. The van der Waals surface area contributed by atoms with Crippen molar-refractivity contribution < 1.29 is 4.79 Å². The average molecular weight is 283 g/mol. The van der Waals surface area contributed by atoms with Crippen molar-refractivity contribution >= 4 is 5.91 Å². The summed E-state index contributed by atoms with van der Waals surface area (Å²) in [5, 5.41) is 3.04. The molecule has 1 rings (SSSR count). The summed E-state index contributed by atoms with van der Waals surface area (Å²) in [5.41, 5.74) is 5.47. The lowest BCUT2D eigenvalue weighted by molar-refractivity contribution is -0.124. The van der Waals surface area contributed by atoms with Gasteiger partial charge in [-0.25, -0.2) is 0 Å². The van der Waals surface area contributed by atoms with Gasteiger partial charge in [0.2, 0.25) is 5.91 Å². The van der Waals surface area contributed by atoms with Crippen molar-refractivity contribution in [1.82, 2.24) is 10.2 Å². The number of carbonyl (C=O) groups is 1. The van der Waals surface area contributed by atoms with Gasteiger partial charge >= 0.3 is 0 Å². The third-order valence-electron chi connectivity index (χ3n) is 4.47. The molecule has 0 heterocycles. The van der Waals surface area contributed by atoms with Gasteiger partial charge in [-0.05, 0) is 52.2 Å². The first-order chi connectivity index (χ1) is 9.65. The second-order valence-electron chi connectivity index (χ2n) is 6.25. The predicted octanol–water partition coefficient (Wildman–Crippen LogP) is 2.13. The molecule has 4 heteroatoms. The third-order valence-corrected chi connectivity index (χ3v) is 4.47. The quantitative estimate of drug-likeness (QED) is 0.637. The van der Waals surface area contributed by atoms with E-state index in [0.717, 1.165) is 38.4 Å². The molecular formula is C16H33N3O. The van der Waals surface area contributed by atoms with Gasteiger partial charge in [0.1, 0.15) is 0 Å². The maximum absolute atomic E-state index is 11.8. The van der Waals surface area contributed by atoms with Crippen LogP contribution in [0.15, 0.2) is 0 Å². The lowest BCUT2D eigenvalue weighted by Crippen LogP contribution is -2.36. The Morgan fingerprint density at radius 3 is 2.65 bits per heavy atom. The number of carbonyl (C=O) groups excluding carboxylic acids is 1. The van der Waals surface area contributed by atoms with Crippen molar-refractivity contribution in [2.75, 3.05) is 26.7 Å². The zero-order valence-electron chi connectivity index (χ0n) is 13.4. The molecule has 1 amide bonds. The Hall–Kier alpha value is -0.610. The van der Waals surface area contributed by atoms with E-state index >= 15 is 0 Å². The number of rotatable bonds is 9. The normalized spacial score (nSPS) is 18.2. The molecule has 3 N–H and O–H groups in total. The number of amides is 1. The topological polar surface area (TPSA) is 58.4 Å². The maximum atomic E-state index is 11.8. The molecule has 1 fully saturated rings. The van der Waals surface area contributed by atoms with Crippen LogP contribution in [-0.4, -0.2) is 43.5 Å². The van der Waals surface area contributed by atoms with E-state index in [2.05, 4.69) is 17.3 Å². The van der Waals surface area contributed by atoms with Gasteiger partial charge in [0.15, 0.2) is 0 Å². The van der Waals surface area contributed by atoms with Crippen LogP contribution in [0.25, 0.3) is 0 Å². The fraction of sp³-hybridized carbons (Fsp3) is 0.938. The largest absolute Gasteiger partial charge is 0.356 e. The summed E-state index contributed by atoms with van der Waals surface area (Å²) in [6.45, 7) is 4.54. The maximum Gasteiger partial charge on any atom is 0.222 e. The van der Waals surface area contributed by atoms with Crippen LogP contribution in [0.5, 0.6) is 0 Å². The predicted molar refractivity (Wildman–Crippen MR) is 84.6 cm³/mol. The van der Waals surface area contributed by atoms with Gasteiger partial charge in [0.25, 0.3) is 0 Å². The molecule has 0 aliphatic heterocycles. The highest BCUT2D eigenvalue weighted by atomic mass is 16.1. The molecule has 0 saturated heterocycles. The average Bonchev–Trinajstić information content (AvgIpc) is 2.49. The zero-order valence-corrected chi connectivity index (χ0v) is 13.4. The SMILES string of the molecule is CC(CCCN)C(=O)NCCCN(C)C1CCCCC1. The van der Waals surface area contributed by atoms with Crippen LogP contribution in [0.4, 0.5) is 0 Å². The standard InChI is InChI=1S/C16H33N3O/c1-14(8-6-11-17)16(20)18-12-7-13-19(2)15-9-4-3-5-10-15/h14-15H,3-13,17H2,1-2H3,(H,18,20). The molecule has 118 valence electrons. The van der Waals surface area contributed by atoms with Crippen molar-refractivity contribution in [1.29, 1.82) is 0 Å². The molecule has 20 heavy (non-hydrogen) atoms. The van der Waals surface area contributed by atoms with Gasteiger partial charge in [0.05, 0.1) is 0 Å². The fourth-order valence-corrected chi connectivity index (χ4v) is 2.97. The van der Waals surface area contributed by atoms with Crippen LogP contribution in [0, 0.1) is 5.92 Å². The van der Waals surface area contributed by atoms with Crippen LogP contribution in [0.3, 0.4) is 0 Å². The van der Waals surface area contributed by atoms with E-state index in [-0.39, 0.29) is 11.8 Å². The minimum Gasteiger partial charge on any atom is -0.356 e. The number of nitrogens with zero attached hydrogens (tertiary/aromatic N) is 1. The van der Waals surface area contributed by atoms with Gasteiger partial charge in [-0.3, -0.25) is 4.79 Å². The van der Waals surface area contributed by atoms with E-state index < -0.39 is 0 Å². The highest BCUT2D eigenvalue weighted by Gasteiger charge is 2.17. The molecule has 0 bridgehead atoms. The van der Waals surface area contributed by atoms with Crippen LogP contribution >= 0.6 is 0 Å². The molecule has 0 spiro atoms. The lowest BCUT2D eigenvalue weighted by atomic mass is 9.94. The fourth-order valence-electron chi connectivity index (χ4n) is 2.97. The number of hydrogen-bond acceptors (Lipinski definition) is 3. The van der Waals surface area contributed by atoms with Gasteiger partial charge in [0, 0.05) is 18.5 Å². The highest BCUT2D eigenvalue weighted by Crippen LogP contribution is 2.21. The first-order valence-corrected chi connectivity index (χ1v) is 8.33. The molecule has 1 saturated carbocycles. The lowest BCUT2D eigenvalue weighted by Gasteiger charge is -2.31. The van der Waals surface area contributed by atoms with E-state index in [1.54, 1.807) is 0 Å². The number of nitrogens with one attached hydrogen (secondary N) is 1. The van der Waals surface area contributed by atoms with Gasteiger partial charge < -0.3 is 16.0 Å². The van der Waals surface area contributed by atoms with Crippen molar-refractivity contribution in [2.45, 2.75) is 64.3 Å². The summed E-state index contributed by atoms with van der Waals surface area (Å²) in [5.74, 6) is 0.272. The van der Waals surface area contributed by atoms with Gasteiger partial charge in [-0.1, -0.05) is 26.2 Å². The van der Waals surface area contributed by atoms with Crippen molar-refractivity contribution in [3.8, 4) is 0 Å². The molecule has 0 radical (unpaired) electrons. The molecule has 0 aromatic rings. The summed E-state index contributed by atoms with van der Waals surface area (Å²) in [6.07, 6.45) is 9.72. The Morgan fingerprint density at radius 1 is 1.30 bits per heavy atom. The molecule has 1 aliphatic carbocycles. The van der Waals surface area contributed by atoms with Crippen LogP contribution in [0.2, 0.25) is 0 Å². The Balaban J connectivity index is 2.06. The van der Waals surface area contributed by atoms with Gasteiger partial charge in [-0.15, -0.1) is 0 Å². The van der Waals surface area contributed by atoms with E-state index in [1.165, 1.54) is 32.1 Å². The number of nitrogens with two attached hydrogens (primary N) is 1. The highest BCUT2D eigenvalue weighted by molar-refractivity contribution is 5.78. The zero-order chi connectivity index (χ0) is 14.8. The summed E-state index contributed by atoms with van der Waals surface area (Å²) >= 11 is 0. The summed E-state index contributed by atoms with van der Waals surface area (Å²) < 4.78 is 0. The third kappa shape index (κ3) is 6.71. The Kier molecular flexibility index (Phi) is 8.86. The first kappa shape index (κ1) is 17.4. The summed E-state index contributed by atoms with van der Waals surface area (Å²) in [6, 6.07) is 0.767. The van der Waals surface area contributed by atoms with Crippen molar-refractivity contribution in [3.63, 3.8) is 0 Å². The van der Waals surface area contributed by atoms with Gasteiger partial charge in [-0.2, -0.15) is 0 Å². The number of hydrogen-bond donors (Lipinski definition) is 2. The monoisotopic (exact) mass is 283 g/mol. The molecule has 1 aliphatic rings. The Morgan fingerprint density at radius 2 is 2.00 bits per heavy atom. The molecule has 4 nitrogen and oxygen atoms in total. The molecule has 1 unspecified atom stereocenters. The second kappa shape index (κ2) is 10.2. The van der Waals surface area contributed by atoms with Crippen LogP contribution < -0.4 is 11.1 Å². The minimum absolute atomic E-state index is 0.0922. The summed E-state index contributed by atoms with van der Waals surface area (Å²) in [4.78, 5) is 14.3. The molecule has 0 aromatic carbocycles. The van der Waals surface area contributed by atoms with Crippen molar-refractivity contribution in [2.24, 2.45) is 11.7 Å². The second-order valence-corrected chi connectivity index (χ2v) is 6.25. The van der Waals surface area contributed by atoms with E-state index in [4.69, 9.17) is 5.73 Å². The van der Waals surface area contributed by atoms with Crippen LogP contribution in [0.1, 0.15) is 58.3 Å². The van der Waals surface area contributed by atoms with E-state index in [1.807, 2.05) is 6.92 Å². The van der Waals surface area contributed by atoms with E-state index in [9.17, 15) is 4.79 Å². The summed E-state index contributed by atoms with van der Waals surface area (Å²) in [7, 11) is 2.22. The minimum atomic E-state index is 0.0922. The smallest absolute Gasteiger partial charge is 0.222 e. The Labute approximate surface area is 124 Å². The van der Waals surface area contributed by atoms with Crippen LogP contribution in [-0.2, 0) is 4.79 Å². The van der Waals surface area contributed by atoms with E-state index in [0.29, 0.717) is 6.54 Å².